The van der Waals surface area contributed by atoms with Crippen LogP contribution in [-0.4, -0.2) is 18.8 Å². The van der Waals surface area contributed by atoms with Crippen LogP contribution in [0.5, 0.6) is 5.75 Å². The van der Waals surface area contributed by atoms with Crippen LogP contribution >= 0.6 is 0 Å². The first-order valence-corrected chi connectivity index (χ1v) is 7.87. The Bertz CT molecular complexity index is 823. The fourth-order valence-corrected chi connectivity index (χ4v) is 2.86. The second-order valence-electron chi connectivity index (χ2n) is 5.82. The molecule has 4 nitrogen and oxygen atoms in total. The van der Waals surface area contributed by atoms with Gasteiger partial charge in [0.1, 0.15) is 5.75 Å². The molecule has 1 atom stereocenters. The van der Waals surface area contributed by atoms with E-state index in [-0.39, 0.29) is 24.0 Å². The van der Waals surface area contributed by atoms with E-state index >= 15 is 0 Å². The Morgan fingerprint density at radius 2 is 1.96 bits per heavy atom. The third-order valence-corrected chi connectivity index (χ3v) is 4.15. The van der Waals surface area contributed by atoms with Gasteiger partial charge in [0.05, 0.1) is 13.5 Å². The molecule has 0 heterocycles. The largest absolute Gasteiger partial charge is 0.496 e. The normalized spacial score (nSPS) is 15.8. The molecular formula is C20H19NO3. The topological polar surface area (TPSA) is 55.4 Å². The van der Waals surface area contributed by atoms with Crippen molar-refractivity contribution in [2.24, 2.45) is 5.92 Å². The number of rotatable bonds is 4. The van der Waals surface area contributed by atoms with Gasteiger partial charge in [-0.3, -0.25) is 9.59 Å². The molecule has 0 fully saturated rings. The molecule has 0 bridgehead atoms. The van der Waals surface area contributed by atoms with Gasteiger partial charge < -0.3 is 10.1 Å². The van der Waals surface area contributed by atoms with Gasteiger partial charge >= 0.3 is 0 Å². The first-order chi connectivity index (χ1) is 11.6. The number of methoxy groups -OCH3 is 1. The molecule has 0 radical (unpaired) electrons. The minimum atomic E-state index is -0.146. The fourth-order valence-electron chi connectivity index (χ4n) is 2.86. The molecular weight excluding hydrogens is 302 g/mol. The van der Waals surface area contributed by atoms with E-state index in [2.05, 4.69) is 5.32 Å². The van der Waals surface area contributed by atoms with Crippen LogP contribution in [0.3, 0.4) is 0 Å². The number of carbonyl (C=O) groups is 2. The zero-order valence-electron chi connectivity index (χ0n) is 13.7. The Balaban J connectivity index is 1.82. The number of nitrogens with one attached hydrogen (secondary N) is 1. The number of amides is 1. The predicted molar refractivity (Wildman–Crippen MR) is 94.3 cm³/mol. The molecule has 2 aromatic carbocycles. The van der Waals surface area contributed by atoms with E-state index in [1.807, 2.05) is 49.4 Å². The highest BCUT2D eigenvalue weighted by molar-refractivity contribution is 6.07. The summed E-state index contributed by atoms with van der Waals surface area (Å²) in [6.45, 7) is 1.87. The van der Waals surface area contributed by atoms with Crippen LogP contribution in [0.25, 0.3) is 6.08 Å². The number of hydrogen-bond donors (Lipinski definition) is 1. The van der Waals surface area contributed by atoms with E-state index in [9.17, 15) is 9.59 Å². The van der Waals surface area contributed by atoms with Crippen molar-refractivity contribution in [1.29, 1.82) is 0 Å². The van der Waals surface area contributed by atoms with Crippen LogP contribution in [-0.2, 0) is 11.2 Å². The summed E-state index contributed by atoms with van der Waals surface area (Å²) < 4.78 is 5.28. The molecule has 1 unspecified atom stereocenters. The van der Waals surface area contributed by atoms with Gasteiger partial charge in [0.15, 0.2) is 5.78 Å². The van der Waals surface area contributed by atoms with E-state index in [4.69, 9.17) is 4.74 Å². The summed E-state index contributed by atoms with van der Waals surface area (Å²) in [5.74, 6) is 0.490. The van der Waals surface area contributed by atoms with Crippen LogP contribution in [0.1, 0.15) is 28.4 Å². The first kappa shape index (κ1) is 16.0. The lowest BCUT2D eigenvalue weighted by atomic mass is 9.88. The Morgan fingerprint density at radius 3 is 2.75 bits per heavy atom. The molecule has 0 saturated heterocycles. The molecule has 24 heavy (non-hydrogen) atoms. The number of fused-ring (bicyclic) bond motifs is 1. The summed E-state index contributed by atoms with van der Waals surface area (Å²) in [7, 11) is 1.59. The molecule has 3 rings (SSSR count). The van der Waals surface area contributed by atoms with Gasteiger partial charge in [0.25, 0.3) is 0 Å². The number of ether oxygens (including phenoxy) is 1. The number of anilines is 1. The smallest absolute Gasteiger partial charge is 0.228 e. The number of hydrogen-bond acceptors (Lipinski definition) is 3. The number of para-hydroxylation sites is 1. The van der Waals surface area contributed by atoms with Crippen LogP contribution in [0.2, 0.25) is 0 Å². The number of ketones is 1. The average molecular weight is 321 g/mol. The molecule has 1 aliphatic rings. The van der Waals surface area contributed by atoms with E-state index in [0.717, 1.165) is 11.1 Å². The van der Waals surface area contributed by atoms with Crippen molar-refractivity contribution in [2.75, 3.05) is 12.4 Å². The average Bonchev–Trinajstić information content (AvgIpc) is 2.59. The lowest BCUT2D eigenvalue weighted by Crippen LogP contribution is -2.19. The van der Waals surface area contributed by atoms with Crippen molar-refractivity contribution in [3.05, 3.63) is 65.2 Å². The van der Waals surface area contributed by atoms with Crippen molar-refractivity contribution < 1.29 is 14.3 Å². The van der Waals surface area contributed by atoms with Crippen molar-refractivity contribution in [3.63, 3.8) is 0 Å². The third kappa shape index (κ3) is 3.08. The molecule has 1 amide bonds. The summed E-state index contributed by atoms with van der Waals surface area (Å²) in [6.07, 6.45) is 3.97. The summed E-state index contributed by atoms with van der Waals surface area (Å²) >= 11 is 0. The second-order valence-corrected chi connectivity index (χ2v) is 5.82. The molecule has 0 aliphatic heterocycles. The fraction of sp³-hybridized carbons (Fsp3) is 0.200. The SMILES string of the molecule is COc1ccccc1CC(=O)Nc1cccc2c1C=CC(C)C2=O. The molecule has 0 spiro atoms. The molecule has 0 aromatic heterocycles. The standard InChI is InChI=1S/C20H19NO3/c1-13-10-11-15-16(20(13)23)7-5-8-17(15)21-19(22)12-14-6-3-4-9-18(14)24-2/h3-11,13H,12H2,1-2H3,(H,21,22). The highest BCUT2D eigenvalue weighted by atomic mass is 16.5. The monoisotopic (exact) mass is 321 g/mol. The van der Waals surface area contributed by atoms with Gasteiger partial charge in [-0.25, -0.2) is 0 Å². The minimum Gasteiger partial charge on any atom is -0.496 e. The highest BCUT2D eigenvalue weighted by Gasteiger charge is 2.22. The third-order valence-electron chi connectivity index (χ3n) is 4.15. The molecule has 1 N–H and O–H groups in total. The number of Topliss-reactive ketones (excluding diaryl/α,β-unsaturated/α-hetero) is 1. The number of benzene rings is 2. The summed E-state index contributed by atoms with van der Waals surface area (Å²) in [4.78, 5) is 24.7. The van der Waals surface area contributed by atoms with E-state index in [0.29, 0.717) is 17.0 Å². The lowest BCUT2D eigenvalue weighted by Gasteiger charge is -2.18. The van der Waals surface area contributed by atoms with Crippen LogP contribution in [0.15, 0.2) is 48.5 Å². The Hall–Kier alpha value is -2.88. The number of allylic oxidation sites excluding steroid dienone is 1. The Kier molecular flexibility index (Phi) is 4.47. The van der Waals surface area contributed by atoms with Gasteiger partial charge in [-0.2, -0.15) is 0 Å². The van der Waals surface area contributed by atoms with Crippen molar-refractivity contribution >= 4 is 23.5 Å². The van der Waals surface area contributed by atoms with Gasteiger partial charge in [-0.1, -0.05) is 49.4 Å². The lowest BCUT2D eigenvalue weighted by molar-refractivity contribution is -0.115. The maximum absolute atomic E-state index is 12.4. The van der Waals surface area contributed by atoms with Gasteiger partial charge in [0.2, 0.25) is 5.91 Å². The van der Waals surface area contributed by atoms with Gasteiger partial charge in [0, 0.05) is 28.3 Å². The molecule has 122 valence electrons. The van der Waals surface area contributed by atoms with E-state index in [1.54, 1.807) is 19.2 Å². The van der Waals surface area contributed by atoms with E-state index < -0.39 is 0 Å². The molecule has 2 aromatic rings. The number of carbonyl (C=O) groups excluding carboxylic acids is 2. The van der Waals surface area contributed by atoms with Crippen LogP contribution in [0.4, 0.5) is 5.69 Å². The maximum atomic E-state index is 12.4. The summed E-state index contributed by atoms with van der Waals surface area (Å²) in [6, 6.07) is 12.8. The zero-order valence-corrected chi connectivity index (χ0v) is 13.7. The Morgan fingerprint density at radius 1 is 1.17 bits per heavy atom. The quantitative estimate of drug-likeness (QED) is 0.933. The molecule has 1 aliphatic carbocycles. The van der Waals surface area contributed by atoms with Crippen molar-refractivity contribution in [3.8, 4) is 5.75 Å². The zero-order chi connectivity index (χ0) is 17.1. The second kappa shape index (κ2) is 6.71. The highest BCUT2D eigenvalue weighted by Crippen LogP contribution is 2.29. The minimum absolute atomic E-state index is 0.0772. The van der Waals surface area contributed by atoms with Crippen LogP contribution in [0, 0.1) is 5.92 Å². The van der Waals surface area contributed by atoms with Crippen LogP contribution < -0.4 is 10.1 Å². The van der Waals surface area contributed by atoms with Crippen molar-refractivity contribution in [1.82, 2.24) is 0 Å². The van der Waals surface area contributed by atoms with Crippen molar-refractivity contribution in [2.45, 2.75) is 13.3 Å². The molecule has 4 heteroatoms. The summed E-state index contributed by atoms with van der Waals surface area (Å²) in [5, 5.41) is 2.91. The van der Waals surface area contributed by atoms with Gasteiger partial charge in [-0.15, -0.1) is 0 Å². The first-order valence-electron chi connectivity index (χ1n) is 7.87. The van der Waals surface area contributed by atoms with E-state index in [1.165, 1.54) is 0 Å². The predicted octanol–water partition coefficient (Wildman–Crippen LogP) is 3.72. The molecule has 0 saturated carbocycles. The maximum Gasteiger partial charge on any atom is 0.228 e. The summed E-state index contributed by atoms with van der Waals surface area (Å²) in [5.41, 5.74) is 2.90. The van der Waals surface area contributed by atoms with Gasteiger partial charge in [-0.05, 0) is 12.1 Å². The Labute approximate surface area is 141 Å².